The highest BCUT2D eigenvalue weighted by molar-refractivity contribution is 5.50. The van der Waals surface area contributed by atoms with Gasteiger partial charge in [-0.2, -0.15) is 0 Å². The van der Waals surface area contributed by atoms with E-state index in [2.05, 4.69) is 17.4 Å². The normalized spacial score (nSPS) is 30.2. The second-order valence-corrected chi connectivity index (χ2v) is 4.18. The van der Waals surface area contributed by atoms with E-state index in [1.165, 1.54) is 17.5 Å². The maximum atomic E-state index is 5.79. The molecule has 1 fully saturated rings. The van der Waals surface area contributed by atoms with E-state index in [0.717, 1.165) is 30.6 Å². The summed E-state index contributed by atoms with van der Waals surface area (Å²) in [6.45, 7) is 2.28. The number of rotatable bonds is 0. The summed E-state index contributed by atoms with van der Waals surface area (Å²) in [4.78, 5) is 0. The molecule has 1 aromatic carbocycles. The van der Waals surface area contributed by atoms with Crippen molar-refractivity contribution in [3.05, 3.63) is 29.3 Å². The van der Waals surface area contributed by atoms with E-state index in [-0.39, 0.29) is 0 Å². The van der Waals surface area contributed by atoms with Gasteiger partial charge in [-0.1, -0.05) is 6.07 Å². The maximum Gasteiger partial charge on any atom is 0.0317 e. The van der Waals surface area contributed by atoms with Gasteiger partial charge in [-0.05, 0) is 41.5 Å². The third kappa shape index (κ3) is 0.985. The second-order valence-electron chi connectivity index (χ2n) is 4.18. The Balaban J connectivity index is 2.15. The van der Waals surface area contributed by atoms with E-state index < -0.39 is 0 Å². The minimum atomic E-state index is 0.720. The number of nitrogens with two attached hydrogens (primary N) is 1. The summed E-state index contributed by atoms with van der Waals surface area (Å²) in [6, 6.07) is 6.40. The van der Waals surface area contributed by atoms with E-state index in [4.69, 9.17) is 5.73 Å². The smallest absolute Gasteiger partial charge is 0.0317 e. The number of fused-ring (bicyclic) bond motifs is 5. The minimum absolute atomic E-state index is 0.720. The van der Waals surface area contributed by atoms with E-state index in [0.29, 0.717) is 0 Å². The zero-order chi connectivity index (χ0) is 8.84. The number of hydrogen-bond acceptors (Lipinski definition) is 2. The average molecular weight is 174 g/mol. The highest BCUT2D eigenvalue weighted by Gasteiger charge is 2.33. The third-order valence-electron chi connectivity index (χ3n) is 3.34. The molecule has 1 aliphatic carbocycles. The Labute approximate surface area is 78.1 Å². The molecule has 1 aliphatic heterocycles. The van der Waals surface area contributed by atoms with Crippen LogP contribution < -0.4 is 11.1 Å². The lowest BCUT2D eigenvalue weighted by atomic mass is 9.98. The molecular weight excluding hydrogens is 160 g/mol. The third-order valence-corrected chi connectivity index (χ3v) is 3.34. The van der Waals surface area contributed by atoms with Crippen LogP contribution in [0, 0.1) is 0 Å². The van der Waals surface area contributed by atoms with Gasteiger partial charge < -0.3 is 11.1 Å². The standard InChI is InChI=1S/C11H14N2/c12-9-1-2-10-7-3-8(6-13-5-7)11(10)4-9/h1-2,4,7-8,13H,3,5-6,12H2/t7-,8+/m1/s1. The summed E-state index contributed by atoms with van der Waals surface area (Å²) in [6.07, 6.45) is 1.33. The van der Waals surface area contributed by atoms with E-state index in [1.54, 1.807) is 0 Å². The van der Waals surface area contributed by atoms with Crippen molar-refractivity contribution in [3.63, 3.8) is 0 Å². The summed E-state index contributed by atoms with van der Waals surface area (Å²) in [5, 5.41) is 3.47. The highest BCUT2D eigenvalue weighted by Crippen LogP contribution is 2.43. The molecule has 1 aromatic rings. The van der Waals surface area contributed by atoms with Crippen molar-refractivity contribution in [1.29, 1.82) is 0 Å². The van der Waals surface area contributed by atoms with Gasteiger partial charge in [0.05, 0.1) is 0 Å². The first-order valence-electron chi connectivity index (χ1n) is 4.94. The largest absolute Gasteiger partial charge is 0.399 e. The van der Waals surface area contributed by atoms with Crippen LogP contribution in [0.25, 0.3) is 0 Å². The minimum Gasteiger partial charge on any atom is -0.399 e. The van der Waals surface area contributed by atoms with E-state index >= 15 is 0 Å². The van der Waals surface area contributed by atoms with Gasteiger partial charge in [-0.15, -0.1) is 0 Å². The van der Waals surface area contributed by atoms with Crippen molar-refractivity contribution >= 4 is 5.69 Å². The summed E-state index contributed by atoms with van der Waals surface area (Å²) < 4.78 is 0. The molecule has 2 atom stereocenters. The lowest BCUT2D eigenvalue weighted by Gasteiger charge is -2.19. The van der Waals surface area contributed by atoms with Crippen LogP contribution in [0.3, 0.4) is 0 Å². The van der Waals surface area contributed by atoms with Crippen molar-refractivity contribution in [2.75, 3.05) is 18.8 Å². The fourth-order valence-electron chi connectivity index (χ4n) is 2.73. The van der Waals surface area contributed by atoms with Crippen molar-refractivity contribution < 1.29 is 0 Å². The highest BCUT2D eigenvalue weighted by atomic mass is 14.9. The van der Waals surface area contributed by atoms with E-state index in [1.807, 2.05) is 6.07 Å². The molecule has 2 nitrogen and oxygen atoms in total. The summed E-state index contributed by atoms with van der Waals surface area (Å²) in [5.74, 6) is 1.46. The molecule has 13 heavy (non-hydrogen) atoms. The Morgan fingerprint density at radius 2 is 1.92 bits per heavy atom. The van der Waals surface area contributed by atoms with Crippen molar-refractivity contribution in [2.24, 2.45) is 0 Å². The van der Waals surface area contributed by atoms with Crippen molar-refractivity contribution in [2.45, 2.75) is 18.3 Å². The number of nitrogens with one attached hydrogen (secondary N) is 1. The monoisotopic (exact) mass is 174 g/mol. The van der Waals surface area contributed by atoms with Gasteiger partial charge in [0.2, 0.25) is 0 Å². The molecule has 3 rings (SSSR count). The van der Waals surface area contributed by atoms with Crippen LogP contribution in [0.4, 0.5) is 5.69 Å². The summed E-state index contributed by atoms with van der Waals surface area (Å²) in [7, 11) is 0. The van der Waals surface area contributed by atoms with Crippen LogP contribution in [0.2, 0.25) is 0 Å². The molecular formula is C11H14N2. The topological polar surface area (TPSA) is 38.0 Å². The van der Waals surface area contributed by atoms with Gasteiger partial charge in [0.1, 0.15) is 0 Å². The second kappa shape index (κ2) is 2.48. The maximum absolute atomic E-state index is 5.79. The zero-order valence-corrected chi connectivity index (χ0v) is 7.59. The predicted molar refractivity (Wildman–Crippen MR) is 53.8 cm³/mol. The zero-order valence-electron chi connectivity index (χ0n) is 7.59. The molecule has 0 unspecified atom stereocenters. The van der Waals surface area contributed by atoms with Gasteiger partial charge in [-0.25, -0.2) is 0 Å². The van der Waals surface area contributed by atoms with Crippen LogP contribution in [0.5, 0.6) is 0 Å². The lowest BCUT2D eigenvalue weighted by molar-refractivity contribution is 0.454. The molecule has 1 saturated heterocycles. The van der Waals surface area contributed by atoms with Crippen LogP contribution in [-0.2, 0) is 0 Å². The summed E-state index contributed by atoms with van der Waals surface area (Å²) >= 11 is 0. The van der Waals surface area contributed by atoms with Crippen molar-refractivity contribution in [1.82, 2.24) is 5.32 Å². The lowest BCUT2D eigenvalue weighted by Crippen LogP contribution is -2.28. The van der Waals surface area contributed by atoms with Crippen LogP contribution in [0.1, 0.15) is 29.4 Å². The molecule has 3 N–H and O–H groups in total. The van der Waals surface area contributed by atoms with Gasteiger partial charge in [0.15, 0.2) is 0 Å². The number of nitrogen functional groups attached to an aromatic ring is 1. The fourth-order valence-corrected chi connectivity index (χ4v) is 2.73. The molecule has 1 heterocycles. The average Bonchev–Trinajstić information content (AvgIpc) is 2.39. The van der Waals surface area contributed by atoms with Crippen molar-refractivity contribution in [3.8, 4) is 0 Å². The Hall–Kier alpha value is -1.02. The fraction of sp³-hybridized carbons (Fsp3) is 0.455. The molecule has 2 heteroatoms. The number of hydrogen-bond donors (Lipinski definition) is 2. The Bertz CT molecular complexity index is 346. The van der Waals surface area contributed by atoms with E-state index in [9.17, 15) is 0 Å². The molecule has 0 saturated carbocycles. The first kappa shape index (κ1) is 7.39. The first-order chi connectivity index (χ1) is 6.34. The molecule has 0 spiro atoms. The molecule has 0 aromatic heterocycles. The Morgan fingerprint density at radius 1 is 1.15 bits per heavy atom. The SMILES string of the molecule is Nc1ccc2c(c1)[C@@H]1CNC[C@H]2C1. The van der Waals surface area contributed by atoms with Gasteiger partial charge in [0.25, 0.3) is 0 Å². The van der Waals surface area contributed by atoms with Gasteiger partial charge in [-0.3, -0.25) is 0 Å². The van der Waals surface area contributed by atoms with Gasteiger partial charge >= 0.3 is 0 Å². The number of piperidine rings is 1. The Kier molecular flexibility index (Phi) is 1.41. The first-order valence-corrected chi connectivity index (χ1v) is 4.94. The molecule has 0 amide bonds. The van der Waals surface area contributed by atoms with Gasteiger partial charge in [0, 0.05) is 18.8 Å². The quantitative estimate of drug-likeness (QED) is 0.584. The molecule has 2 aliphatic rings. The predicted octanol–water partition coefficient (Wildman–Crippen LogP) is 1.44. The molecule has 0 radical (unpaired) electrons. The molecule has 68 valence electrons. The molecule has 2 bridgehead atoms. The van der Waals surface area contributed by atoms with Crippen LogP contribution in [-0.4, -0.2) is 13.1 Å². The number of benzene rings is 1. The number of anilines is 1. The summed E-state index contributed by atoms with van der Waals surface area (Å²) in [5.41, 5.74) is 9.73. The van der Waals surface area contributed by atoms with Crippen LogP contribution >= 0.6 is 0 Å². The van der Waals surface area contributed by atoms with Crippen LogP contribution in [0.15, 0.2) is 18.2 Å². The Morgan fingerprint density at radius 3 is 2.77 bits per heavy atom.